The number of halogens is 3. The Bertz CT molecular complexity index is 844. The zero-order chi connectivity index (χ0) is 21.0. The van der Waals surface area contributed by atoms with Crippen molar-refractivity contribution in [2.45, 2.75) is 45.2 Å². The summed E-state index contributed by atoms with van der Waals surface area (Å²) < 4.78 is 39.1. The van der Waals surface area contributed by atoms with Gasteiger partial charge in [-0.05, 0) is 18.9 Å². The van der Waals surface area contributed by atoms with Crippen LogP contribution < -0.4 is 5.32 Å². The number of hydrogen-bond acceptors (Lipinski definition) is 5. The molecular weight excluding hydrogens is 393 g/mol. The molecule has 2 aromatic heterocycles. The van der Waals surface area contributed by atoms with E-state index in [0.29, 0.717) is 6.54 Å². The Kier molecular flexibility index (Phi) is 6.26. The van der Waals surface area contributed by atoms with E-state index in [2.05, 4.69) is 19.8 Å². The summed E-state index contributed by atoms with van der Waals surface area (Å²) in [6, 6.07) is 2.00. The SMILES string of the molecule is O=C(NCc1cnc2n1CCN(Cc1ccoc1)C2)C1CC1.O=C(O)C(F)(F)F. The van der Waals surface area contributed by atoms with Gasteiger partial charge < -0.3 is 19.4 Å². The fourth-order valence-electron chi connectivity index (χ4n) is 2.96. The van der Waals surface area contributed by atoms with Crippen molar-refractivity contribution >= 4 is 11.9 Å². The topological polar surface area (TPSA) is 101 Å². The van der Waals surface area contributed by atoms with Crippen LogP contribution in [0.15, 0.2) is 29.2 Å². The first-order chi connectivity index (χ1) is 13.7. The van der Waals surface area contributed by atoms with E-state index in [9.17, 15) is 18.0 Å². The molecule has 11 heteroatoms. The highest BCUT2D eigenvalue weighted by Crippen LogP contribution is 2.28. The molecule has 0 spiro atoms. The second-order valence-corrected chi connectivity index (χ2v) is 6.95. The summed E-state index contributed by atoms with van der Waals surface area (Å²) in [5.74, 6) is -1.24. The Morgan fingerprint density at radius 2 is 2.03 bits per heavy atom. The lowest BCUT2D eigenvalue weighted by atomic mass is 10.2. The van der Waals surface area contributed by atoms with Crippen molar-refractivity contribution in [3.05, 3.63) is 41.9 Å². The van der Waals surface area contributed by atoms with E-state index in [4.69, 9.17) is 14.3 Å². The molecule has 158 valence electrons. The Labute approximate surface area is 164 Å². The van der Waals surface area contributed by atoms with E-state index in [0.717, 1.165) is 50.5 Å². The Morgan fingerprint density at radius 3 is 2.62 bits per heavy atom. The summed E-state index contributed by atoms with van der Waals surface area (Å²) in [6.07, 6.45) is 2.39. The zero-order valence-electron chi connectivity index (χ0n) is 15.5. The third-order valence-electron chi connectivity index (χ3n) is 4.65. The van der Waals surface area contributed by atoms with Gasteiger partial charge in [0.15, 0.2) is 0 Å². The zero-order valence-corrected chi connectivity index (χ0v) is 15.5. The van der Waals surface area contributed by atoms with Crippen LogP contribution in [0.3, 0.4) is 0 Å². The molecule has 2 aliphatic rings. The number of amides is 1. The van der Waals surface area contributed by atoms with Gasteiger partial charge in [-0.25, -0.2) is 9.78 Å². The average molecular weight is 414 g/mol. The van der Waals surface area contributed by atoms with Gasteiger partial charge in [-0.15, -0.1) is 0 Å². The van der Waals surface area contributed by atoms with Gasteiger partial charge >= 0.3 is 12.1 Å². The molecule has 1 fully saturated rings. The summed E-state index contributed by atoms with van der Waals surface area (Å²) in [5.41, 5.74) is 2.30. The lowest BCUT2D eigenvalue weighted by Crippen LogP contribution is -2.34. The highest BCUT2D eigenvalue weighted by molar-refractivity contribution is 5.80. The van der Waals surface area contributed by atoms with Gasteiger partial charge in [-0.2, -0.15) is 13.2 Å². The van der Waals surface area contributed by atoms with Gasteiger partial charge in [0.2, 0.25) is 5.91 Å². The average Bonchev–Trinajstić information content (AvgIpc) is 3.25. The number of nitrogens with zero attached hydrogens (tertiary/aromatic N) is 3. The number of carboxylic acids is 1. The van der Waals surface area contributed by atoms with Gasteiger partial charge in [-0.1, -0.05) is 0 Å². The molecule has 1 aliphatic heterocycles. The number of aromatic nitrogens is 2. The molecule has 0 unspecified atom stereocenters. The molecule has 0 radical (unpaired) electrons. The number of furan rings is 1. The lowest BCUT2D eigenvalue weighted by Gasteiger charge is -2.28. The van der Waals surface area contributed by atoms with Crippen molar-refractivity contribution in [1.82, 2.24) is 19.8 Å². The number of alkyl halides is 3. The first-order valence-corrected chi connectivity index (χ1v) is 9.08. The second kappa shape index (κ2) is 8.68. The number of nitrogens with one attached hydrogen (secondary N) is 1. The van der Waals surface area contributed by atoms with Crippen LogP contribution >= 0.6 is 0 Å². The standard InChI is InChI=1S/C16H20N4O2.C2HF3O2/c21-16(13-1-2-13)18-8-14-7-17-15-10-19(4-5-20(14)15)9-12-3-6-22-11-12;3-2(4,5)1(6)7/h3,6-7,11,13H,1-2,4-5,8-10H2,(H,18,21);(H,6,7). The molecule has 29 heavy (non-hydrogen) atoms. The van der Waals surface area contributed by atoms with Crippen molar-refractivity contribution in [2.75, 3.05) is 6.54 Å². The van der Waals surface area contributed by atoms with Crippen LogP contribution in [-0.4, -0.2) is 44.2 Å². The van der Waals surface area contributed by atoms with Crippen molar-refractivity contribution < 1.29 is 32.3 Å². The Morgan fingerprint density at radius 1 is 1.31 bits per heavy atom. The highest BCUT2D eigenvalue weighted by Gasteiger charge is 2.38. The van der Waals surface area contributed by atoms with Crippen LogP contribution in [0.5, 0.6) is 0 Å². The van der Waals surface area contributed by atoms with Crippen LogP contribution in [0.1, 0.15) is 29.9 Å². The number of imidazole rings is 1. The molecule has 2 N–H and O–H groups in total. The van der Waals surface area contributed by atoms with E-state index >= 15 is 0 Å². The van der Waals surface area contributed by atoms with E-state index in [-0.39, 0.29) is 11.8 Å². The van der Waals surface area contributed by atoms with E-state index < -0.39 is 12.1 Å². The summed E-state index contributed by atoms with van der Waals surface area (Å²) in [4.78, 5) is 27.5. The van der Waals surface area contributed by atoms with Crippen LogP contribution in [0.25, 0.3) is 0 Å². The molecular formula is C18H21F3N4O4. The molecule has 2 aromatic rings. The minimum atomic E-state index is -5.08. The summed E-state index contributed by atoms with van der Waals surface area (Å²) in [6.45, 7) is 4.21. The largest absolute Gasteiger partial charge is 0.490 e. The Hall–Kier alpha value is -2.82. The fraction of sp³-hybridized carbons (Fsp3) is 0.500. The van der Waals surface area contributed by atoms with Gasteiger partial charge in [0.25, 0.3) is 0 Å². The predicted octanol–water partition coefficient (Wildman–Crippen LogP) is 2.15. The lowest BCUT2D eigenvalue weighted by molar-refractivity contribution is -0.192. The third-order valence-corrected chi connectivity index (χ3v) is 4.65. The molecule has 1 aliphatic carbocycles. The number of rotatable bonds is 5. The van der Waals surface area contributed by atoms with E-state index in [1.165, 1.54) is 5.56 Å². The Balaban J connectivity index is 0.000000298. The molecule has 0 bridgehead atoms. The molecule has 0 saturated heterocycles. The van der Waals surface area contributed by atoms with Gasteiger partial charge in [-0.3, -0.25) is 9.69 Å². The molecule has 0 aromatic carbocycles. The number of carboxylic acid groups (broad SMARTS) is 1. The summed E-state index contributed by atoms with van der Waals surface area (Å²) >= 11 is 0. The minimum absolute atomic E-state index is 0.188. The first kappa shape index (κ1) is 20.9. The number of carbonyl (C=O) groups is 2. The minimum Gasteiger partial charge on any atom is -0.475 e. The molecule has 1 amide bonds. The predicted molar refractivity (Wildman–Crippen MR) is 93.3 cm³/mol. The van der Waals surface area contributed by atoms with Crippen LogP contribution in [0, 0.1) is 5.92 Å². The maximum Gasteiger partial charge on any atom is 0.490 e. The maximum atomic E-state index is 11.7. The quantitative estimate of drug-likeness (QED) is 0.778. The van der Waals surface area contributed by atoms with Crippen LogP contribution in [0.2, 0.25) is 0 Å². The molecule has 1 saturated carbocycles. The molecule has 0 atom stereocenters. The number of hydrogen-bond donors (Lipinski definition) is 2. The first-order valence-electron chi connectivity index (χ1n) is 9.08. The molecule has 4 rings (SSSR count). The van der Waals surface area contributed by atoms with Crippen LogP contribution in [-0.2, 0) is 35.8 Å². The number of fused-ring (bicyclic) bond motifs is 1. The smallest absolute Gasteiger partial charge is 0.475 e. The number of carbonyl (C=O) groups excluding carboxylic acids is 1. The second-order valence-electron chi connectivity index (χ2n) is 6.95. The van der Waals surface area contributed by atoms with Crippen molar-refractivity contribution in [1.29, 1.82) is 0 Å². The van der Waals surface area contributed by atoms with Crippen molar-refractivity contribution in [2.24, 2.45) is 5.92 Å². The molecule has 8 nitrogen and oxygen atoms in total. The summed E-state index contributed by atoms with van der Waals surface area (Å²) in [7, 11) is 0. The normalized spacial score (nSPS) is 16.5. The highest BCUT2D eigenvalue weighted by atomic mass is 19.4. The third kappa shape index (κ3) is 5.83. The van der Waals surface area contributed by atoms with E-state index in [1.54, 1.807) is 12.5 Å². The van der Waals surface area contributed by atoms with Crippen LogP contribution in [0.4, 0.5) is 13.2 Å². The fourth-order valence-corrected chi connectivity index (χ4v) is 2.96. The van der Waals surface area contributed by atoms with Gasteiger partial charge in [0.05, 0.1) is 37.5 Å². The number of aliphatic carboxylic acids is 1. The van der Waals surface area contributed by atoms with Crippen molar-refractivity contribution in [3.63, 3.8) is 0 Å². The monoisotopic (exact) mass is 414 g/mol. The molecule has 3 heterocycles. The van der Waals surface area contributed by atoms with Crippen molar-refractivity contribution in [3.8, 4) is 0 Å². The van der Waals surface area contributed by atoms with Gasteiger partial charge in [0, 0.05) is 31.1 Å². The summed E-state index contributed by atoms with van der Waals surface area (Å²) in [5, 5.41) is 10.1. The van der Waals surface area contributed by atoms with Gasteiger partial charge in [0.1, 0.15) is 5.82 Å². The van der Waals surface area contributed by atoms with E-state index in [1.807, 2.05) is 12.3 Å². The maximum absolute atomic E-state index is 11.7.